The number of carbonyl (C=O) groups excluding carboxylic acids is 1. The van der Waals surface area contributed by atoms with Gasteiger partial charge in [0.05, 0.1) is 6.61 Å². The topological polar surface area (TPSA) is 35.5 Å². The van der Waals surface area contributed by atoms with Crippen LogP contribution in [-0.4, -0.2) is 42.6 Å². The molecule has 0 aliphatic heterocycles. The Labute approximate surface area is 151 Å². The van der Waals surface area contributed by atoms with E-state index < -0.39 is 54.5 Å². The highest BCUT2D eigenvalue weighted by molar-refractivity contribution is 6.02. The summed E-state index contributed by atoms with van der Waals surface area (Å²) in [6.07, 6.45) is -20.3. The number of hydrogen-bond acceptors (Lipinski definition) is 3. The molecule has 1 aromatic carbocycles. The van der Waals surface area contributed by atoms with E-state index in [4.69, 9.17) is 0 Å². The van der Waals surface area contributed by atoms with Gasteiger partial charge in [-0.15, -0.1) is 0 Å². The highest BCUT2D eigenvalue weighted by Gasteiger charge is 2.79. The van der Waals surface area contributed by atoms with Crippen LogP contribution in [0, 0.1) is 0 Å². The first-order chi connectivity index (χ1) is 12.5. The van der Waals surface area contributed by atoms with Crippen molar-refractivity contribution < 1.29 is 58.2 Å². The Morgan fingerprint density at radius 3 is 1.75 bits per heavy atom. The van der Waals surface area contributed by atoms with E-state index in [0.717, 1.165) is 25.1 Å². The Morgan fingerprint density at radius 2 is 1.36 bits per heavy atom. The Bertz CT molecular complexity index is 673. The van der Waals surface area contributed by atoms with E-state index >= 15 is 0 Å². The van der Waals surface area contributed by atoms with E-state index in [0.29, 0.717) is 12.1 Å². The maximum atomic E-state index is 14.3. The molecule has 0 aromatic heterocycles. The minimum atomic E-state index is -6.63. The van der Waals surface area contributed by atoms with E-state index in [1.165, 1.54) is 0 Å². The fourth-order valence-corrected chi connectivity index (χ4v) is 1.82. The molecule has 28 heavy (non-hydrogen) atoms. The summed E-state index contributed by atoms with van der Waals surface area (Å²) in [5.41, 5.74) is -1.16. The largest absolute Gasteiger partial charge is 0.457 e. The number of ether oxygens (including phenoxy) is 2. The third kappa shape index (κ3) is 4.40. The van der Waals surface area contributed by atoms with Crippen LogP contribution >= 0.6 is 0 Å². The highest BCUT2D eigenvalue weighted by Crippen LogP contribution is 2.51. The first-order valence-corrected chi connectivity index (χ1v) is 7.36. The van der Waals surface area contributed by atoms with Crippen molar-refractivity contribution in [3.05, 3.63) is 35.9 Å². The zero-order valence-electron chi connectivity index (χ0n) is 13.8. The molecule has 0 saturated heterocycles. The van der Waals surface area contributed by atoms with Crippen molar-refractivity contribution in [2.24, 2.45) is 0 Å². The van der Waals surface area contributed by atoms with Gasteiger partial charge in [-0.25, -0.2) is 0 Å². The summed E-state index contributed by atoms with van der Waals surface area (Å²) in [7, 11) is 0. The SMILES string of the molecule is CCCO[C@@](F)(C(F)(F)F)C(F)(F)O[C@@](F)(C(=O)c1ccccc1)C(F)(F)F. The summed E-state index contributed by atoms with van der Waals surface area (Å²) < 4.78 is 139. The molecule has 1 rings (SSSR count). The lowest BCUT2D eigenvalue weighted by atomic mass is 10.0. The summed E-state index contributed by atoms with van der Waals surface area (Å²) in [6.45, 7) is -0.253. The molecule has 0 heterocycles. The average Bonchev–Trinajstić information content (AvgIpc) is 2.57. The van der Waals surface area contributed by atoms with Crippen LogP contribution in [0.2, 0.25) is 0 Å². The second-order valence-electron chi connectivity index (χ2n) is 5.35. The fourth-order valence-electron chi connectivity index (χ4n) is 1.82. The molecule has 0 amide bonds. The number of ketones is 1. The van der Waals surface area contributed by atoms with Gasteiger partial charge in [-0.3, -0.25) is 9.53 Å². The summed E-state index contributed by atoms with van der Waals surface area (Å²) in [5, 5.41) is 0. The van der Waals surface area contributed by atoms with E-state index in [9.17, 15) is 48.7 Å². The molecule has 1 aromatic rings. The monoisotopic (exact) mass is 430 g/mol. The predicted molar refractivity (Wildman–Crippen MR) is 72.8 cm³/mol. The molecule has 0 saturated carbocycles. The van der Waals surface area contributed by atoms with Gasteiger partial charge in [0.15, 0.2) is 0 Å². The van der Waals surface area contributed by atoms with Crippen LogP contribution in [0.1, 0.15) is 23.7 Å². The van der Waals surface area contributed by atoms with Crippen LogP contribution < -0.4 is 0 Å². The minimum absolute atomic E-state index is 0.458. The van der Waals surface area contributed by atoms with E-state index in [-0.39, 0.29) is 0 Å². The number of Topliss-reactive ketones (excluding diaryl/α,β-unsaturated/α-hetero) is 1. The summed E-state index contributed by atoms with van der Waals surface area (Å²) in [4.78, 5) is 11.8. The van der Waals surface area contributed by atoms with Gasteiger partial charge in [-0.2, -0.15) is 43.9 Å². The van der Waals surface area contributed by atoms with Gasteiger partial charge in [0.2, 0.25) is 5.78 Å². The van der Waals surface area contributed by atoms with Crippen molar-refractivity contribution in [2.45, 2.75) is 43.5 Å². The minimum Gasteiger partial charge on any atom is -0.332 e. The molecule has 0 aliphatic carbocycles. The standard InChI is InChI=1S/C15H12F10O3/c1-2-8-27-12(17,14(21,22)23)15(24,25)28-11(16,13(18,19)20)10(26)9-6-4-3-5-7-9/h3-7H,2,8H2,1H3/t11-,12-/m0/s1. The lowest BCUT2D eigenvalue weighted by Crippen LogP contribution is -2.64. The quantitative estimate of drug-likeness (QED) is 0.412. The first kappa shape index (κ1) is 24.1. The zero-order valence-corrected chi connectivity index (χ0v) is 13.8. The molecule has 13 heteroatoms. The fraction of sp³-hybridized carbons (Fsp3) is 0.533. The lowest BCUT2D eigenvalue weighted by molar-refractivity contribution is -0.494. The van der Waals surface area contributed by atoms with Crippen molar-refractivity contribution >= 4 is 5.78 Å². The molecule has 0 fully saturated rings. The molecular formula is C15H12F10O3. The van der Waals surface area contributed by atoms with Gasteiger partial charge in [-0.05, 0) is 6.42 Å². The molecule has 0 bridgehead atoms. The predicted octanol–water partition coefficient (Wildman–Crippen LogP) is 5.36. The smallest absolute Gasteiger partial charge is 0.332 e. The van der Waals surface area contributed by atoms with Gasteiger partial charge in [0.25, 0.3) is 0 Å². The van der Waals surface area contributed by atoms with Gasteiger partial charge < -0.3 is 4.74 Å². The Balaban J connectivity index is 3.46. The number of carbonyl (C=O) groups is 1. The van der Waals surface area contributed by atoms with Crippen molar-refractivity contribution in [3.8, 4) is 0 Å². The normalized spacial score (nSPS) is 17.7. The zero-order chi connectivity index (χ0) is 22.0. The van der Waals surface area contributed by atoms with Crippen molar-refractivity contribution in [3.63, 3.8) is 0 Å². The van der Waals surface area contributed by atoms with E-state index in [1.54, 1.807) is 0 Å². The Hall–Kier alpha value is -1.89. The summed E-state index contributed by atoms with van der Waals surface area (Å²) in [5.74, 6) is -15.0. The number of rotatable bonds is 8. The van der Waals surface area contributed by atoms with Crippen molar-refractivity contribution in [1.82, 2.24) is 0 Å². The molecular weight excluding hydrogens is 418 g/mol. The van der Waals surface area contributed by atoms with E-state index in [2.05, 4.69) is 9.47 Å². The van der Waals surface area contributed by atoms with Crippen LogP contribution in [-0.2, 0) is 9.47 Å². The molecule has 0 N–H and O–H groups in total. The van der Waals surface area contributed by atoms with E-state index in [1.807, 2.05) is 0 Å². The number of hydrogen-bond donors (Lipinski definition) is 0. The van der Waals surface area contributed by atoms with Crippen molar-refractivity contribution in [1.29, 1.82) is 0 Å². The molecule has 2 atom stereocenters. The lowest BCUT2D eigenvalue weighted by Gasteiger charge is -2.37. The maximum Gasteiger partial charge on any atom is 0.457 e. The molecule has 0 aliphatic rings. The summed E-state index contributed by atoms with van der Waals surface area (Å²) >= 11 is 0. The second-order valence-corrected chi connectivity index (χ2v) is 5.35. The van der Waals surface area contributed by atoms with Crippen LogP contribution in [0.3, 0.4) is 0 Å². The summed E-state index contributed by atoms with van der Waals surface area (Å²) in [6, 6.07) is 4.12. The molecule has 3 nitrogen and oxygen atoms in total. The first-order valence-electron chi connectivity index (χ1n) is 7.36. The van der Waals surface area contributed by atoms with Crippen LogP contribution in [0.15, 0.2) is 30.3 Å². The molecule has 0 spiro atoms. The number of benzene rings is 1. The van der Waals surface area contributed by atoms with Gasteiger partial charge in [0.1, 0.15) is 0 Å². The molecule has 160 valence electrons. The maximum absolute atomic E-state index is 14.3. The van der Waals surface area contributed by atoms with Crippen LogP contribution in [0.25, 0.3) is 0 Å². The Morgan fingerprint density at radius 1 is 0.857 bits per heavy atom. The molecule has 0 radical (unpaired) electrons. The number of halogens is 10. The third-order valence-electron chi connectivity index (χ3n) is 3.21. The second kappa shape index (κ2) is 7.85. The highest BCUT2D eigenvalue weighted by atomic mass is 19.4. The van der Waals surface area contributed by atoms with Gasteiger partial charge in [-0.1, -0.05) is 37.3 Å². The van der Waals surface area contributed by atoms with Crippen LogP contribution in [0.4, 0.5) is 43.9 Å². The van der Waals surface area contributed by atoms with Gasteiger partial charge >= 0.3 is 30.2 Å². The Kier molecular flexibility index (Phi) is 6.77. The number of alkyl halides is 10. The third-order valence-corrected chi connectivity index (χ3v) is 3.21. The average molecular weight is 430 g/mol. The van der Waals surface area contributed by atoms with Gasteiger partial charge in [0, 0.05) is 5.56 Å². The molecule has 0 unspecified atom stereocenters. The van der Waals surface area contributed by atoms with Crippen LogP contribution in [0.5, 0.6) is 0 Å². The van der Waals surface area contributed by atoms with Crippen molar-refractivity contribution in [2.75, 3.05) is 6.61 Å².